The molecule has 2 aliphatic heterocycles. The van der Waals surface area contributed by atoms with Crippen LogP contribution in [0.1, 0.15) is 33.6 Å². The highest BCUT2D eigenvalue weighted by molar-refractivity contribution is 5.86. The summed E-state index contributed by atoms with van der Waals surface area (Å²) < 4.78 is 3.82. The Balaban J connectivity index is 0.000000154. The number of nitrogens with zero attached hydrogens (tertiary/aromatic N) is 10. The van der Waals surface area contributed by atoms with Crippen LogP contribution in [-0.2, 0) is 40.0 Å². The fourth-order valence-corrected chi connectivity index (χ4v) is 7.88. The van der Waals surface area contributed by atoms with Crippen LogP contribution in [0.5, 0.6) is 0 Å². The number of hydrogen-bond donors (Lipinski definition) is 4. The molecule has 10 rings (SSSR count). The third-order valence-electron chi connectivity index (χ3n) is 11.7. The van der Waals surface area contributed by atoms with Crippen LogP contribution in [-0.4, -0.2) is 66.7 Å². The molecular formula is C46H50N14. The van der Waals surface area contributed by atoms with Crippen LogP contribution in [0.15, 0.2) is 97.3 Å². The summed E-state index contributed by atoms with van der Waals surface area (Å²) >= 11 is 0. The molecule has 4 aromatic heterocycles. The molecule has 0 aliphatic carbocycles. The maximum Gasteiger partial charge on any atom is 0.229 e. The molecule has 0 radical (unpaired) electrons. The number of hydrogen-bond acceptors (Lipinski definition) is 12. The molecule has 4 aromatic carbocycles. The van der Waals surface area contributed by atoms with Crippen molar-refractivity contribution in [2.45, 2.75) is 39.8 Å². The summed E-state index contributed by atoms with van der Waals surface area (Å²) in [5.41, 5.74) is 13.9. The molecule has 0 saturated carbocycles. The maximum absolute atomic E-state index is 4.72. The summed E-state index contributed by atoms with van der Waals surface area (Å²) in [6, 6.07) is 29.4. The first-order valence-corrected chi connectivity index (χ1v) is 20.4. The highest BCUT2D eigenvalue weighted by atomic mass is 15.3. The largest absolute Gasteiger partial charge is 0.329 e. The fraction of sp³-hybridized carbons (Fsp3) is 0.261. The molecule has 6 heterocycles. The van der Waals surface area contributed by atoms with Crippen molar-refractivity contribution in [3.63, 3.8) is 0 Å². The van der Waals surface area contributed by atoms with Crippen molar-refractivity contribution < 1.29 is 0 Å². The number of benzene rings is 4. The van der Waals surface area contributed by atoms with E-state index in [9.17, 15) is 0 Å². The van der Waals surface area contributed by atoms with E-state index in [1.54, 1.807) is 12.4 Å². The summed E-state index contributed by atoms with van der Waals surface area (Å²) in [5, 5.41) is 25.1. The summed E-state index contributed by atoms with van der Waals surface area (Å²) in [7, 11) is 7.96. The molecule has 14 nitrogen and oxygen atoms in total. The van der Waals surface area contributed by atoms with E-state index in [2.05, 4.69) is 133 Å². The lowest BCUT2D eigenvalue weighted by Crippen LogP contribution is -2.23. The van der Waals surface area contributed by atoms with Crippen molar-refractivity contribution in [2.24, 2.45) is 14.1 Å². The van der Waals surface area contributed by atoms with E-state index in [-0.39, 0.29) is 0 Å². The fourth-order valence-electron chi connectivity index (χ4n) is 7.88. The predicted molar refractivity (Wildman–Crippen MR) is 241 cm³/mol. The molecule has 8 aromatic rings. The van der Waals surface area contributed by atoms with Crippen LogP contribution in [0.2, 0.25) is 0 Å². The molecule has 2 aliphatic rings. The van der Waals surface area contributed by atoms with E-state index >= 15 is 0 Å². The predicted octanol–water partition coefficient (Wildman–Crippen LogP) is 7.66. The van der Waals surface area contributed by atoms with Gasteiger partial charge in [-0.1, -0.05) is 12.1 Å². The maximum atomic E-state index is 4.72. The van der Waals surface area contributed by atoms with Gasteiger partial charge in [-0.2, -0.15) is 20.2 Å². The summed E-state index contributed by atoms with van der Waals surface area (Å²) in [5.74, 6) is 2.81. The third-order valence-corrected chi connectivity index (χ3v) is 11.7. The van der Waals surface area contributed by atoms with Gasteiger partial charge in [0.25, 0.3) is 0 Å². The lowest BCUT2D eigenvalue weighted by Gasteiger charge is -2.20. The molecule has 0 atom stereocenters. The van der Waals surface area contributed by atoms with Crippen molar-refractivity contribution in [1.29, 1.82) is 0 Å². The second-order valence-corrected chi connectivity index (χ2v) is 15.5. The van der Waals surface area contributed by atoms with Gasteiger partial charge in [0.15, 0.2) is 0 Å². The van der Waals surface area contributed by atoms with Gasteiger partial charge in [0.1, 0.15) is 11.6 Å². The van der Waals surface area contributed by atoms with Gasteiger partial charge in [0, 0.05) is 98.6 Å². The smallest absolute Gasteiger partial charge is 0.229 e. The average Bonchev–Trinajstić information content (AvgIpc) is 3.73. The molecule has 0 unspecified atom stereocenters. The van der Waals surface area contributed by atoms with Gasteiger partial charge >= 0.3 is 0 Å². The number of aromatic nitrogens is 8. The van der Waals surface area contributed by atoms with E-state index < -0.39 is 0 Å². The lowest BCUT2D eigenvalue weighted by molar-refractivity contribution is 0.644. The first kappa shape index (κ1) is 38.6. The Labute approximate surface area is 349 Å². The Bertz CT molecular complexity index is 2650. The second kappa shape index (κ2) is 16.4. The molecule has 0 spiro atoms. The first-order valence-electron chi connectivity index (χ1n) is 20.4. The summed E-state index contributed by atoms with van der Waals surface area (Å²) in [6.07, 6.45) is 5.69. The van der Waals surface area contributed by atoms with Crippen LogP contribution >= 0.6 is 0 Å². The van der Waals surface area contributed by atoms with Gasteiger partial charge in [0.05, 0.1) is 11.0 Å². The summed E-state index contributed by atoms with van der Waals surface area (Å²) in [6.45, 7) is 8.07. The van der Waals surface area contributed by atoms with Gasteiger partial charge in [0.2, 0.25) is 11.9 Å². The van der Waals surface area contributed by atoms with Gasteiger partial charge in [-0.15, -0.1) is 0 Å². The minimum atomic E-state index is 0.581. The molecule has 0 amide bonds. The number of aryl methyl sites for hydroxylation is 4. The first-order chi connectivity index (χ1) is 29.2. The van der Waals surface area contributed by atoms with E-state index in [0.717, 1.165) is 95.8 Å². The van der Waals surface area contributed by atoms with Gasteiger partial charge in [-0.05, 0) is 135 Å². The molecule has 0 fully saturated rings. The molecule has 14 heteroatoms. The van der Waals surface area contributed by atoms with E-state index in [4.69, 9.17) is 9.97 Å². The highest BCUT2D eigenvalue weighted by Gasteiger charge is 2.15. The van der Waals surface area contributed by atoms with Crippen LogP contribution in [0.25, 0.3) is 21.8 Å². The van der Waals surface area contributed by atoms with Crippen molar-refractivity contribution in [1.82, 2.24) is 50.1 Å². The minimum Gasteiger partial charge on any atom is -0.329 e. The van der Waals surface area contributed by atoms with E-state index in [1.165, 1.54) is 33.0 Å². The minimum absolute atomic E-state index is 0.581. The lowest BCUT2D eigenvalue weighted by atomic mass is 10.0. The Morgan fingerprint density at radius 2 is 1.03 bits per heavy atom. The zero-order chi connectivity index (χ0) is 41.3. The zero-order valence-electron chi connectivity index (χ0n) is 35.0. The number of fused-ring (bicyclic) bond motifs is 4. The van der Waals surface area contributed by atoms with Gasteiger partial charge in [-0.3, -0.25) is 9.36 Å². The third kappa shape index (κ3) is 7.94. The van der Waals surface area contributed by atoms with Crippen LogP contribution in [0.3, 0.4) is 0 Å². The van der Waals surface area contributed by atoms with Crippen LogP contribution in [0, 0.1) is 13.8 Å². The molecule has 0 bridgehead atoms. The Hall–Kier alpha value is -6.90. The average molecular weight is 799 g/mol. The second-order valence-electron chi connectivity index (χ2n) is 15.5. The molecular weight excluding hydrogens is 749 g/mol. The summed E-state index contributed by atoms with van der Waals surface area (Å²) in [4.78, 5) is 22.4. The van der Waals surface area contributed by atoms with Crippen molar-refractivity contribution >= 4 is 68.1 Å². The van der Waals surface area contributed by atoms with Gasteiger partial charge in [-0.25, -0.2) is 9.97 Å². The standard InChI is InChI=1S/2C23H25N7/c1-15-20-7-6-19(13-21(20)28-30(15)3)29(2)22-9-11-25-23(27-22)26-18-5-4-17-14-24-10-8-16(17)12-18;1-15-20-7-6-19(13-21(20)28-30(15)3)29(2)22-9-11-25-23(27-22)26-18-5-4-16-8-10-24-14-17(16)12-18/h2*4-7,9,11-13,24H,8,10,14H2,1-3H3,(H,25,26,27). The monoisotopic (exact) mass is 798 g/mol. The topological polar surface area (TPSA) is 142 Å². The Morgan fingerprint density at radius 3 is 1.58 bits per heavy atom. The van der Waals surface area contributed by atoms with Crippen molar-refractivity contribution in [3.8, 4) is 0 Å². The SMILES string of the molecule is Cc1c2ccc(N(C)c3ccnc(Nc4ccc5c(c4)CCNC5)n3)cc2nn1C.Cc1c2ccc(N(C)c3ccnc(Nc4ccc5c(c4)CNCC5)n3)cc2nn1C. The molecule has 60 heavy (non-hydrogen) atoms. The molecule has 304 valence electrons. The number of rotatable bonds is 8. The quantitative estimate of drug-likeness (QED) is 0.120. The number of anilines is 8. The zero-order valence-corrected chi connectivity index (χ0v) is 35.0. The Morgan fingerprint density at radius 1 is 0.550 bits per heavy atom. The number of nitrogens with one attached hydrogen (secondary N) is 4. The molecule has 0 saturated heterocycles. The van der Waals surface area contributed by atoms with Crippen molar-refractivity contribution in [2.75, 3.05) is 47.6 Å². The molecule has 4 N–H and O–H groups in total. The Kier molecular flexibility index (Phi) is 10.5. The van der Waals surface area contributed by atoms with E-state index in [1.807, 2.05) is 54.6 Å². The van der Waals surface area contributed by atoms with Crippen LogP contribution < -0.4 is 31.1 Å². The van der Waals surface area contributed by atoms with Crippen molar-refractivity contribution in [3.05, 3.63) is 131 Å². The van der Waals surface area contributed by atoms with E-state index in [0.29, 0.717) is 11.9 Å². The normalized spacial score (nSPS) is 13.3. The van der Waals surface area contributed by atoms with Gasteiger partial charge < -0.3 is 31.1 Å². The highest BCUT2D eigenvalue weighted by Crippen LogP contribution is 2.30. The van der Waals surface area contributed by atoms with Crippen LogP contribution in [0.4, 0.5) is 46.3 Å².